The van der Waals surface area contributed by atoms with Gasteiger partial charge in [0.15, 0.2) is 0 Å². The molecule has 19 heavy (non-hydrogen) atoms. The van der Waals surface area contributed by atoms with Crippen molar-refractivity contribution in [1.82, 2.24) is 5.32 Å². The predicted molar refractivity (Wildman–Crippen MR) is 77.8 cm³/mol. The van der Waals surface area contributed by atoms with E-state index < -0.39 is 0 Å². The topological polar surface area (TPSA) is 30.5 Å². The second-order valence-electron chi connectivity index (χ2n) is 5.08. The molecule has 1 atom stereocenters. The second kappa shape index (κ2) is 7.51. The Morgan fingerprint density at radius 1 is 1.37 bits per heavy atom. The minimum atomic E-state index is 0.452. The molecular weight excluding hydrogens is 238 g/mol. The molecule has 0 aliphatic carbocycles. The van der Waals surface area contributed by atoms with E-state index in [2.05, 4.69) is 30.4 Å². The van der Waals surface area contributed by atoms with Crippen LogP contribution in [0.2, 0.25) is 0 Å². The third-order valence-corrected chi connectivity index (χ3v) is 3.69. The highest BCUT2D eigenvalue weighted by Gasteiger charge is 2.15. The van der Waals surface area contributed by atoms with E-state index in [4.69, 9.17) is 9.47 Å². The number of nitrogens with one attached hydrogen (secondary N) is 1. The zero-order valence-electron chi connectivity index (χ0n) is 12.1. The summed E-state index contributed by atoms with van der Waals surface area (Å²) in [6.07, 6.45) is 4.45. The Kier molecular flexibility index (Phi) is 5.67. The molecule has 0 aromatic heterocycles. The molecule has 2 rings (SSSR count). The molecule has 0 amide bonds. The fraction of sp³-hybridized carbons (Fsp3) is 0.625. The number of hydrogen-bond acceptors (Lipinski definition) is 3. The molecule has 1 aromatic rings. The van der Waals surface area contributed by atoms with Gasteiger partial charge in [0.05, 0.1) is 6.61 Å². The SMILES string of the molecule is CCC(NCCCCOC)c1ccc2c(c1)CCO2. The van der Waals surface area contributed by atoms with Crippen LogP contribution in [-0.4, -0.2) is 26.9 Å². The molecule has 1 N–H and O–H groups in total. The molecule has 1 aliphatic heterocycles. The Morgan fingerprint density at radius 3 is 3.05 bits per heavy atom. The van der Waals surface area contributed by atoms with Gasteiger partial charge in [-0.1, -0.05) is 19.1 Å². The largest absolute Gasteiger partial charge is 0.493 e. The van der Waals surface area contributed by atoms with Gasteiger partial charge in [0.2, 0.25) is 0 Å². The van der Waals surface area contributed by atoms with E-state index in [-0.39, 0.29) is 0 Å². The molecule has 1 heterocycles. The average molecular weight is 263 g/mol. The van der Waals surface area contributed by atoms with Crippen molar-refractivity contribution in [3.63, 3.8) is 0 Å². The maximum Gasteiger partial charge on any atom is 0.122 e. The van der Waals surface area contributed by atoms with Gasteiger partial charge < -0.3 is 14.8 Å². The zero-order valence-corrected chi connectivity index (χ0v) is 12.1. The molecular formula is C16H25NO2. The second-order valence-corrected chi connectivity index (χ2v) is 5.08. The smallest absolute Gasteiger partial charge is 0.122 e. The molecule has 3 heteroatoms. The highest BCUT2D eigenvalue weighted by atomic mass is 16.5. The van der Waals surface area contributed by atoms with Crippen LogP contribution in [0.5, 0.6) is 5.75 Å². The summed E-state index contributed by atoms with van der Waals surface area (Å²) in [5, 5.41) is 3.64. The summed E-state index contributed by atoms with van der Waals surface area (Å²) in [7, 11) is 1.76. The fourth-order valence-electron chi connectivity index (χ4n) is 2.57. The summed E-state index contributed by atoms with van der Waals surface area (Å²) in [6.45, 7) is 4.97. The van der Waals surface area contributed by atoms with Gasteiger partial charge in [-0.2, -0.15) is 0 Å². The Hall–Kier alpha value is -1.06. The predicted octanol–water partition coefficient (Wildman–Crippen LogP) is 3.09. The highest BCUT2D eigenvalue weighted by molar-refractivity contribution is 5.40. The molecule has 1 unspecified atom stereocenters. The summed E-state index contributed by atoms with van der Waals surface area (Å²) >= 11 is 0. The number of methoxy groups -OCH3 is 1. The molecule has 1 aromatic carbocycles. The monoisotopic (exact) mass is 263 g/mol. The van der Waals surface area contributed by atoms with E-state index in [1.165, 1.54) is 17.5 Å². The van der Waals surface area contributed by atoms with Gasteiger partial charge in [-0.25, -0.2) is 0 Å². The molecule has 0 spiro atoms. The highest BCUT2D eigenvalue weighted by Crippen LogP contribution is 2.29. The average Bonchev–Trinajstić information content (AvgIpc) is 2.90. The molecule has 0 saturated carbocycles. The van der Waals surface area contributed by atoms with Crippen LogP contribution in [0.3, 0.4) is 0 Å². The van der Waals surface area contributed by atoms with Gasteiger partial charge in [0.25, 0.3) is 0 Å². The molecule has 0 bridgehead atoms. The summed E-state index contributed by atoms with van der Waals surface area (Å²) in [5.74, 6) is 1.07. The van der Waals surface area contributed by atoms with E-state index >= 15 is 0 Å². The Balaban J connectivity index is 1.86. The first-order valence-electron chi connectivity index (χ1n) is 7.33. The normalized spacial score (nSPS) is 15.1. The van der Waals surface area contributed by atoms with E-state index in [1.807, 2.05) is 0 Å². The standard InChI is InChI=1S/C16H25NO2/c1-3-15(17-9-4-5-10-18-2)13-6-7-16-14(12-13)8-11-19-16/h6-7,12,15,17H,3-5,8-11H2,1-2H3. The maximum absolute atomic E-state index is 5.56. The molecule has 0 fully saturated rings. The first kappa shape index (κ1) is 14.4. The summed E-state index contributed by atoms with van der Waals surface area (Å²) in [6, 6.07) is 7.07. The molecule has 3 nitrogen and oxygen atoms in total. The Bertz CT molecular complexity index is 392. The van der Waals surface area contributed by atoms with Gasteiger partial charge in [0.1, 0.15) is 5.75 Å². The summed E-state index contributed by atoms with van der Waals surface area (Å²) in [5.41, 5.74) is 2.75. The van der Waals surface area contributed by atoms with Gasteiger partial charge in [-0.05, 0) is 43.0 Å². The zero-order chi connectivity index (χ0) is 13.5. The van der Waals surface area contributed by atoms with Gasteiger partial charge >= 0.3 is 0 Å². The van der Waals surface area contributed by atoms with Crippen LogP contribution < -0.4 is 10.1 Å². The van der Waals surface area contributed by atoms with Crippen LogP contribution in [0.1, 0.15) is 43.4 Å². The van der Waals surface area contributed by atoms with E-state index in [1.54, 1.807) is 7.11 Å². The number of rotatable bonds is 8. The lowest BCUT2D eigenvalue weighted by molar-refractivity contribution is 0.192. The number of unbranched alkanes of at least 4 members (excludes halogenated alkanes) is 1. The van der Waals surface area contributed by atoms with Crippen LogP contribution >= 0.6 is 0 Å². The van der Waals surface area contributed by atoms with Crippen molar-refractivity contribution in [1.29, 1.82) is 0 Å². The lowest BCUT2D eigenvalue weighted by atomic mass is 10.0. The van der Waals surface area contributed by atoms with Crippen LogP contribution in [0, 0.1) is 0 Å². The lowest BCUT2D eigenvalue weighted by Crippen LogP contribution is -2.22. The van der Waals surface area contributed by atoms with Gasteiger partial charge in [0, 0.05) is 26.2 Å². The van der Waals surface area contributed by atoms with E-state index in [0.29, 0.717) is 6.04 Å². The number of benzene rings is 1. The fourth-order valence-corrected chi connectivity index (χ4v) is 2.57. The molecule has 0 radical (unpaired) electrons. The maximum atomic E-state index is 5.56. The van der Waals surface area contributed by atoms with Crippen LogP contribution in [0.15, 0.2) is 18.2 Å². The Morgan fingerprint density at radius 2 is 2.26 bits per heavy atom. The quantitative estimate of drug-likeness (QED) is 0.731. The van der Waals surface area contributed by atoms with Crippen LogP contribution in [0.25, 0.3) is 0 Å². The van der Waals surface area contributed by atoms with Crippen molar-refractivity contribution < 1.29 is 9.47 Å². The van der Waals surface area contributed by atoms with E-state index in [0.717, 1.165) is 44.8 Å². The third kappa shape index (κ3) is 3.95. The van der Waals surface area contributed by atoms with Crippen LogP contribution in [0.4, 0.5) is 0 Å². The minimum absolute atomic E-state index is 0.452. The molecule has 106 valence electrons. The number of hydrogen-bond donors (Lipinski definition) is 1. The van der Waals surface area contributed by atoms with Crippen molar-refractivity contribution in [2.24, 2.45) is 0 Å². The van der Waals surface area contributed by atoms with Crippen molar-refractivity contribution in [2.45, 2.75) is 38.6 Å². The van der Waals surface area contributed by atoms with Crippen LogP contribution in [-0.2, 0) is 11.2 Å². The van der Waals surface area contributed by atoms with Crippen molar-refractivity contribution in [3.8, 4) is 5.75 Å². The Labute approximate surface area is 116 Å². The third-order valence-electron chi connectivity index (χ3n) is 3.69. The van der Waals surface area contributed by atoms with Crippen molar-refractivity contribution in [2.75, 3.05) is 26.9 Å². The van der Waals surface area contributed by atoms with Crippen molar-refractivity contribution in [3.05, 3.63) is 29.3 Å². The molecule has 1 aliphatic rings. The summed E-state index contributed by atoms with van der Waals surface area (Å²) < 4.78 is 10.6. The lowest BCUT2D eigenvalue weighted by Gasteiger charge is -2.18. The first-order chi connectivity index (χ1) is 9.35. The molecule has 0 saturated heterocycles. The number of ether oxygens (including phenoxy) is 2. The van der Waals surface area contributed by atoms with Gasteiger partial charge in [-0.15, -0.1) is 0 Å². The summed E-state index contributed by atoms with van der Waals surface area (Å²) in [4.78, 5) is 0. The van der Waals surface area contributed by atoms with E-state index in [9.17, 15) is 0 Å². The first-order valence-corrected chi connectivity index (χ1v) is 7.33. The van der Waals surface area contributed by atoms with Crippen molar-refractivity contribution >= 4 is 0 Å². The number of fused-ring (bicyclic) bond motifs is 1. The van der Waals surface area contributed by atoms with Gasteiger partial charge in [-0.3, -0.25) is 0 Å². The minimum Gasteiger partial charge on any atom is -0.493 e.